The van der Waals surface area contributed by atoms with Crippen LogP contribution in [-0.4, -0.2) is 29.6 Å². The molecule has 0 bridgehead atoms. The number of anilines is 1. The molecule has 0 aliphatic carbocycles. The van der Waals surface area contributed by atoms with Crippen molar-refractivity contribution < 1.29 is 14.4 Å². The maximum Gasteiger partial charge on any atom is 0.333 e. The van der Waals surface area contributed by atoms with Crippen molar-refractivity contribution in [1.82, 2.24) is 16.2 Å². The van der Waals surface area contributed by atoms with Crippen LogP contribution in [-0.2, 0) is 9.59 Å². The third kappa shape index (κ3) is 4.39. The smallest absolute Gasteiger partial charge is 0.333 e. The summed E-state index contributed by atoms with van der Waals surface area (Å²) in [6, 6.07) is 6.95. The molecule has 0 fully saturated rings. The van der Waals surface area contributed by atoms with Crippen molar-refractivity contribution >= 4 is 35.3 Å². The summed E-state index contributed by atoms with van der Waals surface area (Å²) >= 11 is 1.34. The molecular formula is C14H18N4O3S. The Labute approximate surface area is 132 Å². The van der Waals surface area contributed by atoms with E-state index in [2.05, 4.69) is 21.5 Å². The van der Waals surface area contributed by atoms with Gasteiger partial charge in [-0.15, -0.1) is 11.8 Å². The fourth-order valence-electron chi connectivity index (χ4n) is 1.86. The van der Waals surface area contributed by atoms with Gasteiger partial charge in [0.05, 0.1) is 10.9 Å². The minimum absolute atomic E-state index is 0.0150. The van der Waals surface area contributed by atoms with Gasteiger partial charge in [-0.05, 0) is 18.6 Å². The molecule has 0 saturated carbocycles. The van der Waals surface area contributed by atoms with E-state index < -0.39 is 17.2 Å². The molecule has 1 atom stereocenters. The van der Waals surface area contributed by atoms with Crippen LogP contribution >= 0.6 is 11.8 Å². The second kappa shape index (κ2) is 7.69. The van der Waals surface area contributed by atoms with Crippen molar-refractivity contribution in [3.8, 4) is 0 Å². The summed E-state index contributed by atoms with van der Waals surface area (Å²) in [7, 11) is 0. The summed E-state index contributed by atoms with van der Waals surface area (Å²) in [4.78, 5) is 36.0. The molecular weight excluding hydrogens is 304 g/mol. The van der Waals surface area contributed by atoms with Crippen molar-refractivity contribution in [2.75, 3.05) is 11.9 Å². The molecule has 8 heteroatoms. The normalized spacial score (nSPS) is 16.2. The average molecular weight is 322 g/mol. The fraction of sp³-hybridized carbons (Fsp3) is 0.357. The lowest BCUT2D eigenvalue weighted by Gasteiger charge is -2.23. The first-order chi connectivity index (χ1) is 10.6. The lowest BCUT2D eigenvalue weighted by molar-refractivity contribution is -0.124. The molecule has 22 heavy (non-hydrogen) atoms. The van der Waals surface area contributed by atoms with Gasteiger partial charge in [0.2, 0.25) is 11.8 Å². The number of para-hydroxylation sites is 1. The van der Waals surface area contributed by atoms with Gasteiger partial charge in [-0.25, -0.2) is 10.2 Å². The highest BCUT2D eigenvalue weighted by molar-refractivity contribution is 8.01. The van der Waals surface area contributed by atoms with E-state index >= 15 is 0 Å². The molecule has 4 N–H and O–H groups in total. The summed E-state index contributed by atoms with van der Waals surface area (Å²) in [6.45, 7) is 2.45. The zero-order valence-electron chi connectivity index (χ0n) is 12.1. The number of carbonyl (C=O) groups excluding carboxylic acids is 3. The maximum atomic E-state index is 12.0. The number of hydrogen-bond donors (Lipinski definition) is 4. The highest BCUT2D eigenvalue weighted by Gasteiger charge is 2.28. The first-order valence-corrected chi connectivity index (χ1v) is 7.87. The van der Waals surface area contributed by atoms with Gasteiger partial charge in [0.15, 0.2) is 0 Å². The van der Waals surface area contributed by atoms with Crippen LogP contribution in [0.1, 0.15) is 19.8 Å². The second-order valence-electron chi connectivity index (χ2n) is 4.73. The Kier molecular flexibility index (Phi) is 5.65. The predicted octanol–water partition coefficient (Wildman–Crippen LogP) is 1.23. The van der Waals surface area contributed by atoms with Crippen LogP contribution in [0.15, 0.2) is 29.2 Å². The minimum atomic E-state index is -0.518. The summed E-state index contributed by atoms with van der Waals surface area (Å²) in [5, 5.41) is 4.81. The first kappa shape index (κ1) is 16.2. The van der Waals surface area contributed by atoms with Crippen molar-refractivity contribution in [3.63, 3.8) is 0 Å². The van der Waals surface area contributed by atoms with Crippen molar-refractivity contribution in [1.29, 1.82) is 0 Å². The average Bonchev–Trinajstić information content (AvgIpc) is 2.51. The Morgan fingerprint density at radius 2 is 2.05 bits per heavy atom. The second-order valence-corrected chi connectivity index (χ2v) is 5.97. The molecule has 0 spiro atoms. The highest BCUT2D eigenvalue weighted by Crippen LogP contribution is 2.36. The Balaban J connectivity index is 1.82. The molecule has 0 unspecified atom stereocenters. The van der Waals surface area contributed by atoms with Crippen molar-refractivity contribution in [2.24, 2.45) is 0 Å². The van der Waals surface area contributed by atoms with Gasteiger partial charge >= 0.3 is 6.03 Å². The molecule has 1 aromatic rings. The molecule has 1 aliphatic heterocycles. The number of benzene rings is 1. The predicted molar refractivity (Wildman–Crippen MR) is 84.3 cm³/mol. The van der Waals surface area contributed by atoms with Crippen LogP contribution in [0.3, 0.4) is 0 Å². The molecule has 2 rings (SSSR count). The number of hydrogen-bond acceptors (Lipinski definition) is 4. The standard InChI is InChI=1S/C14H18N4O3S/c1-2-7-15-14(21)18-17-12(19)8-11-13(20)16-9-5-3-4-6-10(9)22-11/h3-6,11H,2,7-8H2,1H3,(H,16,20)(H,17,19)(H2,15,18,21)/t11-/m1/s1. The number of rotatable bonds is 4. The van der Waals surface area contributed by atoms with E-state index in [1.807, 2.05) is 31.2 Å². The molecule has 0 aromatic heterocycles. The Bertz CT molecular complexity index is 579. The van der Waals surface area contributed by atoms with Crippen LogP contribution in [0.2, 0.25) is 0 Å². The lowest BCUT2D eigenvalue weighted by atomic mass is 10.2. The Morgan fingerprint density at radius 1 is 1.27 bits per heavy atom. The Hall–Kier alpha value is -2.22. The van der Waals surface area contributed by atoms with Crippen LogP contribution < -0.4 is 21.5 Å². The van der Waals surface area contributed by atoms with Gasteiger partial charge in [-0.1, -0.05) is 19.1 Å². The summed E-state index contributed by atoms with van der Waals surface area (Å²) in [5.41, 5.74) is 5.29. The van der Waals surface area contributed by atoms with Crippen molar-refractivity contribution in [2.45, 2.75) is 29.9 Å². The first-order valence-electron chi connectivity index (χ1n) is 6.99. The lowest BCUT2D eigenvalue weighted by Crippen LogP contribution is -2.48. The van der Waals surface area contributed by atoms with Crippen LogP contribution in [0.25, 0.3) is 0 Å². The van der Waals surface area contributed by atoms with Crippen molar-refractivity contribution in [3.05, 3.63) is 24.3 Å². The Morgan fingerprint density at radius 3 is 2.82 bits per heavy atom. The molecule has 0 radical (unpaired) electrons. The van der Waals surface area contributed by atoms with E-state index in [1.165, 1.54) is 11.8 Å². The largest absolute Gasteiger partial charge is 0.337 e. The number of urea groups is 1. The zero-order valence-corrected chi connectivity index (χ0v) is 13.0. The van der Waals surface area contributed by atoms with Gasteiger partial charge < -0.3 is 10.6 Å². The van der Waals surface area contributed by atoms with Gasteiger partial charge in [0.25, 0.3) is 0 Å². The number of thioether (sulfide) groups is 1. The SMILES string of the molecule is CCCNC(=O)NNC(=O)C[C@H]1Sc2ccccc2NC1=O. The van der Waals surface area contributed by atoms with E-state index in [1.54, 1.807) is 0 Å². The number of nitrogens with one attached hydrogen (secondary N) is 4. The number of hydrazine groups is 1. The molecule has 118 valence electrons. The number of carbonyl (C=O) groups is 3. The van der Waals surface area contributed by atoms with Crippen LogP contribution in [0.5, 0.6) is 0 Å². The molecule has 1 heterocycles. The third-order valence-corrected chi connectivity index (χ3v) is 4.20. The monoisotopic (exact) mass is 322 g/mol. The third-order valence-electron chi connectivity index (χ3n) is 2.93. The van der Waals surface area contributed by atoms with E-state index in [0.717, 1.165) is 17.0 Å². The van der Waals surface area contributed by atoms with E-state index in [4.69, 9.17) is 0 Å². The minimum Gasteiger partial charge on any atom is -0.337 e. The van der Waals surface area contributed by atoms with Gasteiger partial charge in [0.1, 0.15) is 0 Å². The van der Waals surface area contributed by atoms with E-state index in [-0.39, 0.29) is 12.3 Å². The summed E-state index contributed by atoms with van der Waals surface area (Å²) in [5.74, 6) is -0.632. The molecule has 4 amide bonds. The topological polar surface area (TPSA) is 99.3 Å². The highest BCUT2D eigenvalue weighted by atomic mass is 32.2. The van der Waals surface area contributed by atoms with Crippen LogP contribution in [0.4, 0.5) is 10.5 Å². The number of fused-ring (bicyclic) bond motifs is 1. The molecule has 0 saturated heterocycles. The zero-order chi connectivity index (χ0) is 15.9. The fourth-order valence-corrected chi connectivity index (χ4v) is 2.97. The number of amides is 4. The van der Waals surface area contributed by atoms with E-state index in [9.17, 15) is 14.4 Å². The molecule has 1 aliphatic rings. The van der Waals surface area contributed by atoms with Gasteiger partial charge in [0, 0.05) is 17.9 Å². The molecule has 1 aromatic carbocycles. The molecule has 7 nitrogen and oxygen atoms in total. The summed E-state index contributed by atoms with van der Waals surface area (Å²) < 4.78 is 0. The quantitative estimate of drug-likeness (QED) is 0.627. The van der Waals surface area contributed by atoms with Gasteiger partial charge in [-0.3, -0.25) is 15.0 Å². The van der Waals surface area contributed by atoms with Gasteiger partial charge in [-0.2, -0.15) is 0 Å². The maximum absolute atomic E-state index is 12.0. The van der Waals surface area contributed by atoms with Crippen LogP contribution in [0, 0.1) is 0 Å². The summed E-state index contributed by atoms with van der Waals surface area (Å²) in [6.07, 6.45) is 0.790. The van der Waals surface area contributed by atoms with E-state index in [0.29, 0.717) is 6.54 Å².